The Morgan fingerprint density at radius 3 is 2.55 bits per heavy atom. The molecule has 0 aromatic heterocycles. The van der Waals surface area contributed by atoms with E-state index in [9.17, 15) is 18.0 Å². The van der Waals surface area contributed by atoms with Crippen LogP contribution < -0.4 is 10.1 Å². The fourth-order valence-electron chi connectivity index (χ4n) is 1.53. The number of carbonyl (C=O) groups excluding carboxylic acids is 1. The molecule has 7 nitrogen and oxygen atoms in total. The van der Waals surface area contributed by atoms with Crippen molar-refractivity contribution in [2.45, 2.75) is 17.9 Å². The summed E-state index contributed by atoms with van der Waals surface area (Å²) in [5.74, 6) is -2.41. The molecule has 110 valence electrons. The molecule has 20 heavy (non-hydrogen) atoms. The van der Waals surface area contributed by atoms with Crippen molar-refractivity contribution in [2.75, 3.05) is 12.9 Å². The molecule has 1 atom stereocenters. The lowest BCUT2D eigenvalue weighted by Gasteiger charge is -2.14. The van der Waals surface area contributed by atoms with E-state index in [2.05, 4.69) is 5.32 Å². The predicted octanol–water partition coefficient (Wildman–Crippen LogP) is 0.0582. The number of sulfone groups is 1. The third-order valence-corrected chi connectivity index (χ3v) is 4.21. The molecule has 1 unspecified atom stereocenters. The van der Waals surface area contributed by atoms with Crippen molar-refractivity contribution in [3.05, 3.63) is 24.3 Å². The molecule has 0 aliphatic heterocycles. The van der Waals surface area contributed by atoms with Gasteiger partial charge in [-0.05, 0) is 18.2 Å². The Morgan fingerprint density at radius 2 is 2.05 bits per heavy atom. The number of hydrogen-bond acceptors (Lipinski definition) is 5. The summed E-state index contributed by atoms with van der Waals surface area (Å²) >= 11 is 0. The van der Waals surface area contributed by atoms with Crippen LogP contribution in [0.15, 0.2) is 29.2 Å². The Labute approximate surface area is 116 Å². The van der Waals surface area contributed by atoms with Gasteiger partial charge in [0.1, 0.15) is 11.8 Å². The van der Waals surface area contributed by atoms with E-state index in [1.54, 1.807) is 6.07 Å². The Balaban J connectivity index is 3.02. The zero-order chi connectivity index (χ0) is 15.3. The van der Waals surface area contributed by atoms with Crippen LogP contribution in [0.25, 0.3) is 0 Å². The van der Waals surface area contributed by atoms with Crippen molar-refractivity contribution in [2.24, 2.45) is 0 Å². The zero-order valence-corrected chi connectivity index (χ0v) is 11.8. The van der Waals surface area contributed by atoms with Gasteiger partial charge in [-0.25, -0.2) is 13.2 Å². The Kier molecular flexibility index (Phi) is 5.09. The van der Waals surface area contributed by atoms with Gasteiger partial charge in [-0.15, -0.1) is 0 Å². The highest BCUT2D eigenvalue weighted by Crippen LogP contribution is 2.18. The minimum Gasteiger partial charge on any atom is -0.497 e. The number of amides is 1. The third kappa shape index (κ3) is 4.23. The van der Waals surface area contributed by atoms with E-state index in [0.717, 1.165) is 6.92 Å². The lowest BCUT2D eigenvalue weighted by molar-refractivity contribution is -0.140. The maximum Gasteiger partial charge on any atom is 0.327 e. The molecular weight excluding hydrogens is 286 g/mol. The van der Waals surface area contributed by atoms with Gasteiger partial charge in [-0.2, -0.15) is 0 Å². The minimum absolute atomic E-state index is 0.0616. The van der Waals surface area contributed by atoms with Crippen LogP contribution in [0.5, 0.6) is 5.75 Å². The number of rotatable bonds is 6. The smallest absolute Gasteiger partial charge is 0.327 e. The lowest BCUT2D eigenvalue weighted by atomic mass is 10.3. The molecule has 0 saturated carbocycles. The highest BCUT2D eigenvalue weighted by atomic mass is 32.2. The van der Waals surface area contributed by atoms with Crippen molar-refractivity contribution in [1.82, 2.24) is 5.32 Å². The van der Waals surface area contributed by atoms with Gasteiger partial charge in [0.2, 0.25) is 5.91 Å². The van der Waals surface area contributed by atoms with Gasteiger partial charge >= 0.3 is 5.97 Å². The van der Waals surface area contributed by atoms with E-state index in [-0.39, 0.29) is 4.90 Å². The summed E-state index contributed by atoms with van der Waals surface area (Å²) < 4.78 is 29.2. The molecule has 1 rings (SSSR count). The van der Waals surface area contributed by atoms with Crippen LogP contribution in [0.1, 0.15) is 6.92 Å². The standard InChI is InChI=1S/C12H15NO6S/c1-8(14)13-11(12(15)16)7-20(17,18)10-5-3-4-9(6-10)19-2/h3-6,11H,7H2,1-2H3,(H,13,14)(H,15,16). The van der Waals surface area contributed by atoms with Crippen molar-refractivity contribution in [3.8, 4) is 5.75 Å². The highest BCUT2D eigenvalue weighted by molar-refractivity contribution is 7.91. The molecular formula is C12H15NO6S. The summed E-state index contributed by atoms with van der Waals surface area (Å²) in [5, 5.41) is 11.0. The summed E-state index contributed by atoms with van der Waals surface area (Å²) in [7, 11) is -2.47. The van der Waals surface area contributed by atoms with E-state index in [1.807, 2.05) is 0 Å². The van der Waals surface area contributed by atoms with E-state index >= 15 is 0 Å². The first-order chi connectivity index (χ1) is 9.26. The van der Waals surface area contributed by atoms with Gasteiger partial charge in [-0.3, -0.25) is 4.79 Å². The van der Waals surface area contributed by atoms with Crippen molar-refractivity contribution in [3.63, 3.8) is 0 Å². The molecule has 1 amide bonds. The van der Waals surface area contributed by atoms with Crippen LogP contribution in [-0.2, 0) is 19.4 Å². The van der Waals surface area contributed by atoms with Crippen LogP contribution >= 0.6 is 0 Å². The number of aliphatic carboxylic acids is 1. The average Bonchev–Trinajstić information content (AvgIpc) is 2.37. The molecule has 8 heteroatoms. The number of hydrogen-bond donors (Lipinski definition) is 2. The van der Waals surface area contributed by atoms with Gasteiger partial charge in [0, 0.05) is 6.92 Å². The Morgan fingerprint density at radius 1 is 1.40 bits per heavy atom. The summed E-state index contributed by atoms with van der Waals surface area (Å²) in [5.41, 5.74) is 0. The van der Waals surface area contributed by atoms with E-state index in [1.165, 1.54) is 25.3 Å². The van der Waals surface area contributed by atoms with Crippen LogP contribution in [-0.4, -0.2) is 44.3 Å². The molecule has 2 N–H and O–H groups in total. The van der Waals surface area contributed by atoms with Gasteiger partial charge in [0.25, 0.3) is 0 Å². The van der Waals surface area contributed by atoms with Gasteiger partial charge in [0.15, 0.2) is 9.84 Å². The van der Waals surface area contributed by atoms with Crippen LogP contribution in [0, 0.1) is 0 Å². The SMILES string of the molecule is COc1cccc(S(=O)(=O)CC(NC(C)=O)C(=O)O)c1. The largest absolute Gasteiger partial charge is 0.497 e. The number of benzene rings is 1. The number of carboxylic acid groups (broad SMARTS) is 1. The second-order valence-corrected chi connectivity index (χ2v) is 6.09. The third-order valence-electron chi connectivity index (χ3n) is 2.46. The molecule has 0 aliphatic carbocycles. The van der Waals surface area contributed by atoms with Crippen LogP contribution in [0.4, 0.5) is 0 Å². The zero-order valence-electron chi connectivity index (χ0n) is 11.0. The van der Waals surface area contributed by atoms with Crippen LogP contribution in [0.3, 0.4) is 0 Å². The summed E-state index contributed by atoms with van der Waals surface area (Å²) in [4.78, 5) is 21.8. The molecule has 0 heterocycles. The predicted molar refractivity (Wildman–Crippen MR) is 70.3 cm³/mol. The molecule has 1 aromatic carbocycles. The maximum atomic E-state index is 12.1. The minimum atomic E-state index is -3.86. The van der Waals surface area contributed by atoms with Crippen molar-refractivity contribution < 1.29 is 27.9 Å². The average molecular weight is 301 g/mol. The normalized spacial score (nSPS) is 12.5. The second kappa shape index (κ2) is 6.38. The highest BCUT2D eigenvalue weighted by Gasteiger charge is 2.27. The van der Waals surface area contributed by atoms with Gasteiger partial charge in [0.05, 0.1) is 17.8 Å². The summed E-state index contributed by atoms with van der Waals surface area (Å²) in [6.07, 6.45) is 0. The van der Waals surface area contributed by atoms with E-state index in [0.29, 0.717) is 5.75 Å². The number of carboxylic acids is 1. The van der Waals surface area contributed by atoms with Gasteiger partial charge < -0.3 is 15.2 Å². The number of methoxy groups -OCH3 is 1. The molecule has 0 spiro atoms. The first kappa shape index (κ1) is 16.0. The second-order valence-electron chi connectivity index (χ2n) is 4.05. The summed E-state index contributed by atoms with van der Waals surface area (Å²) in [6, 6.07) is 4.19. The molecule has 0 aliphatic rings. The van der Waals surface area contributed by atoms with Crippen molar-refractivity contribution in [1.29, 1.82) is 0 Å². The first-order valence-corrected chi connectivity index (χ1v) is 7.28. The quantitative estimate of drug-likeness (QED) is 0.768. The van der Waals surface area contributed by atoms with Gasteiger partial charge in [-0.1, -0.05) is 6.07 Å². The molecule has 0 radical (unpaired) electrons. The number of ether oxygens (including phenoxy) is 1. The molecule has 0 fully saturated rings. The van der Waals surface area contributed by atoms with E-state index < -0.39 is 33.5 Å². The van der Waals surface area contributed by atoms with Crippen LogP contribution in [0.2, 0.25) is 0 Å². The Hall–Kier alpha value is -2.09. The monoisotopic (exact) mass is 301 g/mol. The lowest BCUT2D eigenvalue weighted by Crippen LogP contribution is -2.44. The number of nitrogens with one attached hydrogen (secondary N) is 1. The molecule has 0 saturated heterocycles. The maximum absolute atomic E-state index is 12.1. The van der Waals surface area contributed by atoms with Crippen molar-refractivity contribution >= 4 is 21.7 Å². The topological polar surface area (TPSA) is 110 Å². The summed E-state index contributed by atoms with van der Waals surface area (Å²) in [6.45, 7) is 1.12. The number of carbonyl (C=O) groups is 2. The van der Waals surface area contributed by atoms with E-state index in [4.69, 9.17) is 9.84 Å². The Bertz CT molecular complexity index is 610. The molecule has 0 bridgehead atoms. The fraction of sp³-hybridized carbons (Fsp3) is 0.333. The molecule has 1 aromatic rings. The first-order valence-electron chi connectivity index (χ1n) is 5.63. The fourth-order valence-corrected chi connectivity index (χ4v) is 2.97.